The van der Waals surface area contributed by atoms with Crippen molar-refractivity contribution in [1.82, 2.24) is 4.98 Å². The fraction of sp³-hybridized carbons (Fsp3) is 0.235. The second-order valence-electron chi connectivity index (χ2n) is 5.35. The lowest BCUT2D eigenvalue weighted by atomic mass is 10.1. The maximum absolute atomic E-state index is 12.9. The van der Waals surface area contributed by atoms with Crippen molar-refractivity contribution >= 4 is 23.2 Å². The van der Waals surface area contributed by atoms with Gasteiger partial charge in [0, 0.05) is 17.3 Å². The molecule has 0 spiro atoms. The Morgan fingerprint density at radius 2 is 2.00 bits per heavy atom. The van der Waals surface area contributed by atoms with Gasteiger partial charge in [-0.25, -0.2) is 0 Å². The Bertz CT molecular complexity index is 811. The van der Waals surface area contributed by atoms with Crippen LogP contribution in [0.25, 0.3) is 11.3 Å². The van der Waals surface area contributed by atoms with Gasteiger partial charge in [0.1, 0.15) is 6.10 Å². The first-order valence-electron chi connectivity index (χ1n) is 7.22. The average Bonchev–Trinajstić information content (AvgIpc) is 3.05. The van der Waals surface area contributed by atoms with Crippen molar-refractivity contribution in [3.05, 3.63) is 64.3 Å². The minimum Gasteiger partial charge on any atom is -0.345 e. The van der Waals surface area contributed by atoms with Crippen molar-refractivity contribution in [2.45, 2.75) is 18.6 Å². The van der Waals surface area contributed by atoms with E-state index in [0.717, 1.165) is 0 Å². The van der Waals surface area contributed by atoms with Crippen LogP contribution >= 0.6 is 23.2 Å². The number of aromatic nitrogens is 1. The Kier molecular flexibility index (Phi) is 5.06. The molecule has 2 atom stereocenters. The van der Waals surface area contributed by atoms with Gasteiger partial charge in [0.15, 0.2) is 6.29 Å². The topological polar surface area (TPSA) is 31.4 Å². The number of hydrogen-bond donors (Lipinski definition) is 0. The highest BCUT2D eigenvalue weighted by atomic mass is 35.5. The molecule has 2 aromatic rings. The lowest BCUT2D eigenvalue weighted by Crippen LogP contribution is -2.07. The molecule has 0 bridgehead atoms. The smallest absolute Gasteiger partial charge is 0.345 e. The Hall–Kier alpha value is -1.60. The minimum atomic E-state index is -4.63. The molecule has 0 N–H and O–H groups in total. The molecule has 1 fully saturated rings. The van der Waals surface area contributed by atoms with Gasteiger partial charge in [-0.3, -0.25) is 4.98 Å². The molecule has 1 aliphatic rings. The maximum Gasteiger partial charge on any atom is 0.419 e. The molecule has 0 saturated carbocycles. The van der Waals surface area contributed by atoms with Crippen molar-refractivity contribution < 1.29 is 22.6 Å². The second-order valence-corrected chi connectivity index (χ2v) is 6.10. The quantitative estimate of drug-likeness (QED) is 0.633. The summed E-state index contributed by atoms with van der Waals surface area (Å²) in [6.45, 7) is 4.02. The van der Waals surface area contributed by atoms with Gasteiger partial charge in [0.2, 0.25) is 0 Å². The Morgan fingerprint density at radius 1 is 1.24 bits per heavy atom. The van der Waals surface area contributed by atoms with E-state index in [2.05, 4.69) is 11.6 Å². The van der Waals surface area contributed by atoms with Crippen molar-refractivity contribution in [3.8, 4) is 11.3 Å². The van der Waals surface area contributed by atoms with Gasteiger partial charge in [-0.1, -0.05) is 47.5 Å². The largest absolute Gasteiger partial charge is 0.419 e. The monoisotopic (exact) mass is 389 g/mol. The molecule has 3 rings (SSSR count). The third-order valence-electron chi connectivity index (χ3n) is 3.67. The van der Waals surface area contributed by atoms with Gasteiger partial charge >= 0.3 is 6.18 Å². The van der Waals surface area contributed by atoms with Crippen molar-refractivity contribution in [2.24, 2.45) is 0 Å². The summed E-state index contributed by atoms with van der Waals surface area (Å²) >= 11 is 11.8. The highest BCUT2D eigenvalue weighted by molar-refractivity contribution is 6.44. The summed E-state index contributed by atoms with van der Waals surface area (Å²) in [5.41, 5.74) is 0.276. The molecular formula is C17H12Cl2F3NO2. The van der Waals surface area contributed by atoms with Gasteiger partial charge < -0.3 is 9.47 Å². The molecule has 8 heteroatoms. The van der Waals surface area contributed by atoms with Crippen LogP contribution in [0.3, 0.4) is 0 Å². The maximum atomic E-state index is 12.9. The minimum absolute atomic E-state index is 0.153. The van der Waals surface area contributed by atoms with Crippen molar-refractivity contribution in [1.29, 1.82) is 0 Å². The molecule has 2 heterocycles. The summed E-state index contributed by atoms with van der Waals surface area (Å²) in [7, 11) is 0. The van der Waals surface area contributed by atoms with E-state index in [1.807, 2.05) is 0 Å². The molecule has 1 saturated heterocycles. The highest BCUT2D eigenvalue weighted by Crippen LogP contribution is 2.41. The third-order valence-corrected chi connectivity index (χ3v) is 4.53. The molecular weight excluding hydrogens is 378 g/mol. The van der Waals surface area contributed by atoms with Crippen LogP contribution in [0.15, 0.2) is 43.1 Å². The van der Waals surface area contributed by atoms with Crippen LogP contribution in [0.5, 0.6) is 0 Å². The van der Waals surface area contributed by atoms with E-state index in [4.69, 9.17) is 32.7 Å². The third kappa shape index (κ3) is 3.67. The van der Waals surface area contributed by atoms with E-state index in [-0.39, 0.29) is 16.8 Å². The molecule has 25 heavy (non-hydrogen) atoms. The fourth-order valence-electron chi connectivity index (χ4n) is 2.41. The molecule has 0 amide bonds. The number of rotatable bonds is 3. The normalized spacial score (nSPS) is 20.7. The van der Waals surface area contributed by atoms with E-state index in [1.54, 1.807) is 30.3 Å². The Balaban J connectivity index is 1.97. The first-order valence-corrected chi connectivity index (χ1v) is 7.98. The lowest BCUT2D eigenvalue weighted by molar-refractivity contribution is -0.137. The number of ether oxygens (including phenoxy) is 2. The Morgan fingerprint density at radius 3 is 2.64 bits per heavy atom. The summed E-state index contributed by atoms with van der Waals surface area (Å²) in [5, 5.41) is -0.837. The van der Waals surface area contributed by atoms with E-state index in [0.29, 0.717) is 23.9 Å². The molecule has 132 valence electrons. The predicted molar refractivity (Wildman–Crippen MR) is 88.5 cm³/mol. The number of benzene rings is 1. The summed E-state index contributed by atoms with van der Waals surface area (Å²) in [4.78, 5) is 3.84. The molecule has 1 aliphatic heterocycles. The number of hydrogen-bond acceptors (Lipinski definition) is 3. The standard InChI is InChI=1S/C17H12Cl2F3NO2/c1-2-11-8-24-16(25-11)10-5-3-4-9(6-10)15-14(19)13(18)12(7-23-15)17(20,21)22/h2-7,11,16H,1,8H2. The SMILES string of the molecule is C=CC1COC(c2cccc(-c3ncc(C(F)(F)F)c(Cl)c3Cl)c2)O1. The zero-order valence-electron chi connectivity index (χ0n) is 12.7. The molecule has 3 nitrogen and oxygen atoms in total. The molecule has 1 aromatic carbocycles. The van der Waals surface area contributed by atoms with Gasteiger partial charge in [0.05, 0.1) is 27.9 Å². The van der Waals surface area contributed by atoms with Crippen molar-refractivity contribution in [3.63, 3.8) is 0 Å². The van der Waals surface area contributed by atoms with E-state index < -0.39 is 23.1 Å². The predicted octanol–water partition coefficient (Wildman–Crippen LogP) is 5.67. The average molecular weight is 390 g/mol. The highest BCUT2D eigenvalue weighted by Gasteiger charge is 2.35. The van der Waals surface area contributed by atoms with Crippen molar-refractivity contribution in [2.75, 3.05) is 6.61 Å². The van der Waals surface area contributed by atoms with Crippen LogP contribution in [-0.4, -0.2) is 17.7 Å². The first kappa shape index (κ1) is 18.2. The van der Waals surface area contributed by atoms with Gasteiger partial charge in [-0.05, 0) is 6.07 Å². The van der Waals surface area contributed by atoms with E-state index >= 15 is 0 Å². The zero-order valence-corrected chi connectivity index (χ0v) is 14.2. The number of halogens is 5. The van der Waals surface area contributed by atoms with Crippen LogP contribution in [0, 0.1) is 0 Å². The van der Waals surface area contributed by atoms with Gasteiger partial charge in [0.25, 0.3) is 0 Å². The van der Waals surface area contributed by atoms with Crippen LogP contribution in [0.4, 0.5) is 13.2 Å². The molecule has 2 unspecified atom stereocenters. The molecule has 0 aliphatic carbocycles. The first-order chi connectivity index (χ1) is 11.8. The van der Waals surface area contributed by atoms with Crippen LogP contribution < -0.4 is 0 Å². The van der Waals surface area contributed by atoms with Gasteiger partial charge in [-0.15, -0.1) is 6.58 Å². The number of nitrogens with zero attached hydrogens (tertiary/aromatic N) is 1. The molecule has 0 radical (unpaired) electrons. The summed E-state index contributed by atoms with van der Waals surface area (Å²) in [6.07, 6.45) is -3.12. The summed E-state index contributed by atoms with van der Waals surface area (Å²) in [6, 6.07) is 6.84. The van der Waals surface area contributed by atoms with Crippen LogP contribution in [0.1, 0.15) is 17.4 Å². The summed E-state index contributed by atoms with van der Waals surface area (Å²) in [5.74, 6) is 0. The van der Waals surface area contributed by atoms with Crippen LogP contribution in [0.2, 0.25) is 10.0 Å². The fourth-order valence-corrected chi connectivity index (χ4v) is 2.92. The lowest BCUT2D eigenvalue weighted by Gasteiger charge is -2.14. The zero-order chi connectivity index (χ0) is 18.2. The Labute approximate surface area is 152 Å². The van der Waals surface area contributed by atoms with E-state index in [9.17, 15) is 13.2 Å². The number of alkyl halides is 3. The molecule has 1 aromatic heterocycles. The summed E-state index contributed by atoms with van der Waals surface area (Å²) < 4.78 is 49.8. The number of pyridine rings is 1. The second kappa shape index (κ2) is 6.96. The van der Waals surface area contributed by atoms with Crippen LogP contribution in [-0.2, 0) is 15.7 Å². The van der Waals surface area contributed by atoms with E-state index in [1.165, 1.54) is 0 Å². The van der Waals surface area contributed by atoms with Gasteiger partial charge in [-0.2, -0.15) is 13.2 Å².